The zero-order valence-corrected chi connectivity index (χ0v) is 10.6. The Bertz CT molecular complexity index is 406. The van der Waals surface area contributed by atoms with E-state index < -0.39 is 0 Å². The van der Waals surface area contributed by atoms with Crippen LogP contribution >= 0.6 is 28.1 Å². The van der Waals surface area contributed by atoms with Crippen LogP contribution < -0.4 is 11.1 Å². The molecule has 0 spiro atoms. The van der Waals surface area contributed by atoms with Gasteiger partial charge in [0.05, 0.1) is 5.69 Å². The van der Waals surface area contributed by atoms with E-state index in [9.17, 15) is 4.79 Å². The summed E-state index contributed by atoms with van der Waals surface area (Å²) in [5, 5.41) is 2.75. The molecule has 0 bridgehead atoms. The molecule has 0 fully saturated rings. The quantitative estimate of drug-likeness (QED) is 0.839. The summed E-state index contributed by atoms with van der Waals surface area (Å²) in [6, 6.07) is 5.38. The number of nitrogens with two attached hydrogens (primary N) is 1. The van der Waals surface area contributed by atoms with Crippen molar-refractivity contribution in [2.75, 3.05) is 5.32 Å². The Morgan fingerprint density at radius 3 is 2.80 bits per heavy atom. The van der Waals surface area contributed by atoms with Gasteiger partial charge in [0.25, 0.3) is 0 Å². The second-order valence-corrected chi connectivity index (χ2v) is 4.31. The molecule has 80 valence electrons. The highest BCUT2D eigenvalue weighted by atomic mass is 79.9. The van der Waals surface area contributed by atoms with E-state index in [4.69, 9.17) is 18.0 Å². The molecule has 0 heterocycles. The van der Waals surface area contributed by atoms with Crippen LogP contribution in [0.1, 0.15) is 18.9 Å². The highest BCUT2D eigenvalue weighted by Crippen LogP contribution is 2.21. The molecule has 1 aromatic carbocycles. The van der Waals surface area contributed by atoms with Gasteiger partial charge in [0.2, 0.25) is 5.91 Å². The first-order valence-corrected chi connectivity index (χ1v) is 5.64. The third-order valence-electron chi connectivity index (χ3n) is 1.84. The standard InChI is InChI=1S/C10H11BrN2OS/c1-2-9(14)13-8-5-6(11)3-4-7(8)10(12)15/h3-5H,2H2,1H3,(H2,12,15)(H,13,14). The van der Waals surface area contributed by atoms with Crippen LogP contribution in [0.4, 0.5) is 5.69 Å². The molecule has 5 heteroatoms. The number of hydrogen-bond acceptors (Lipinski definition) is 2. The van der Waals surface area contributed by atoms with Gasteiger partial charge in [0.15, 0.2) is 0 Å². The molecule has 0 saturated heterocycles. The number of anilines is 1. The minimum absolute atomic E-state index is 0.0643. The zero-order valence-electron chi connectivity index (χ0n) is 8.21. The van der Waals surface area contributed by atoms with Gasteiger partial charge in [-0.25, -0.2) is 0 Å². The first-order valence-electron chi connectivity index (χ1n) is 4.43. The fourth-order valence-electron chi connectivity index (χ4n) is 1.07. The number of carbonyl (C=O) groups is 1. The Labute approximate surface area is 102 Å². The second-order valence-electron chi connectivity index (χ2n) is 2.96. The molecule has 1 amide bonds. The van der Waals surface area contributed by atoms with E-state index >= 15 is 0 Å². The fraction of sp³-hybridized carbons (Fsp3) is 0.200. The number of amides is 1. The third kappa shape index (κ3) is 3.28. The van der Waals surface area contributed by atoms with Crippen molar-refractivity contribution in [1.82, 2.24) is 0 Å². The predicted octanol–water partition coefficient (Wildman–Crippen LogP) is 2.43. The summed E-state index contributed by atoms with van der Waals surface area (Å²) in [5.41, 5.74) is 6.86. The Morgan fingerprint density at radius 1 is 1.60 bits per heavy atom. The highest BCUT2D eigenvalue weighted by Gasteiger charge is 2.07. The molecule has 0 aliphatic carbocycles. The van der Waals surface area contributed by atoms with Crippen LogP contribution in [0, 0.1) is 0 Å². The van der Waals surface area contributed by atoms with Crippen molar-refractivity contribution in [2.24, 2.45) is 5.73 Å². The molecule has 0 aromatic heterocycles. The summed E-state index contributed by atoms with van der Waals surface area (Å²) in [4.78, 5) is 11.5. The van der Waals surface area contributed by atoms with Crippen molar-refractivity contribution < 1.29 is 4.79 Å². The number of rotatable bonds is 3. The molecule has 0 aliphatic heterocycles. The molecule has 1 aromatic rings. The van der Waals surface area contributed by atoms with E-state index in [0.717, 1.165) is 4.47 Å². The maximum atomic E-state index is 11.3. The first-order chi connectivity index (χ1) is 7.04. The van der Waals surface area contributed by atoms with Crippen LogP contribution in [-0.2, 0) is 4.79 Å². The maximum Gasteiger partial charge on any atom is 0.224 e. The Hall–Kier alpha value is -0.940. The number of benzene rings is 1. The lowest BCUT2D eigenvalue weighted by Gasteiger charge is -2.09. The second kappa shape index (κ2) is 5.23. The lowest BCUT2D eigenvalue weighted by Crippen LogP contribution is -2.16. The molecular formula is C10H11BrN2OS. The summed E-state index contributed by atoms with van der Waals surface area (Å²) in [5.74, 6) is -0.0643. The maximum absolute atomic E-state index is 11.3. The molecule has 3 nitrogen and oxygen atoms in total. The molecule has 0 aliphatic rings. The minimum Gasteiger partial charge on any atom is -0.389 e. The summed E-state index contributed by atoms with van der Waals surface area (Å²) in [6.07, 6.45) is 0.420. The van der Waals surface area contributed by atoms with Gasteiger partial charge < -0.3 is 11.1 Å². The van der Waals surface area contributed by atoms with E-state index in [1.807, 2.05) is 6.07 Å². The van der Waals surface area contributed by atoms with Gasteiger partial charge in [0, 0.05) is 16.5 Å². The number of nitrogens with one attached hydrogen (secondary N) is 1. The van der Waals surface area contributed by atoms with Crippen molar-refractivity contribution in [3.05, 3.63) is 28.2 Å². The van der Waals surface area contributed by atoms with Crippen LogP contribution in [0.5, 0.6) is 0 Å². The predicted molar refractivity (Wildman–Crippen MR) is 69.0 cm³/mol. The van der Waals surface area contributed by atoms with Crippen LogP contribution in [0.3, 0.4) is 0 Å². The number of hydrogen-bond donors (Lipinski definition) is 2. The van der Waals surface area contributed by atoms with Crippen LogP contribution in [0.25, 0.3) is 0 Å². The number of halogens is 1. The Morgan fingerprint density at radius 2 is 2.27 bits per heavy atom. The lowest BCUT2D eigenvalue weighted by molar-refractivity contribution is -0.115. The van der Waals surface area contributed by atoms with Crippen molar-refractivity contribution >= 4 is 44.7 Å². The van der Waals surface area contributed by atoms with Gasteiger partial charge in [-0.1, -0.05) is 35.1 Å². The van der Waals surface area contributed by atoms with E-state index in [0.29, 0.717) is 17.7 Å². The van der Waals surface area contributed by atoms with Crippen molar-refractivity contribution in [1.29, 1.82) is 0 Å². The molecule has 1 rings (SSSR count). The van der Waals surface area contributed by atoms with Crippen molar-refractivity contribution in [3.8, 4) is 0 Å². The summed E-state index contributed by atoms with van der Waals surface area (Å²) < 4.78 is 0.869. The fourth-order valence-corrected chi connectivity index (χ4v) is 1.61. The number of carbonyl (C=O) groups excluding carboxylic acids is 1. The average molecular weight is 287 g/mol. The normalized spacial score (nSPS) is 9.73. The topological polar surface area (TPSA) is 55.1 Å². The SMILES string of the molecule is CCC(=O)Nc1cc(Br)ccc1C(N)=S. The molecular weight excluding hydrogens is 276 g/mol. The summed E-state index contributed by atoms with van der Waals surface area (Å²) >= 11 is 8.21. The van der Waals surface area contributed by atoms with Crippen molar-refractivity contribution in [2.45, 2.75) is 13.3 Å². The summed E-state index contributed by atoms with van der Waals surface area (Å²) in [7, 11) is 0. The molecule has 0 saturated carbocycles. The molecule has 0 atom stereocenters. The van der Waals surface area contributed by atoms with Gasteiger partial charge in [0.1, 0.15) is 4.99 Å². The highest BCUT2D eigenvalue weighted by molar-refractivity contribution is 9.10. The van der Waals surface area contributed by atoms with Gasteiger partial charge in [-0.15, -0.1) is 0 Å². The summed E-state index contributed by atoms with van der Waals surface area (Å²) in [6.45, 7) is 1.79. The average Bonchev–Trinajstić information content (AvgIpc) is 2.17. The van der Waals surface area contributed by atoms with Gasteiger partial charge in [-0.3, -0.25) is 4.79 Å². The van der Waals surface area contributed by atoms with E-state index in [2.05, 4.69) is 21.2 Å². The molecule has 0 radical (unpaired) electrons. The van der Waals surface area contributed by atoms with Gasteiger partial charge in [-0.05, 0) is 18.2 Å². The zero-order chi connectivity index (χ0) is 11.4. The first kappa shape index (κ1) is 12.1. The largest absolute Gasteiger partial charge is 0.389 e. The Balaban J connectivity index is 3.07. The van der Waals surface area contributed by atoms with Gasteiger partial charge >= 0.3 is 0 Å². The number of thiocarbonyl (C=S) groups is 1. The smallest absolute Gasteiger partial charge is 0.224 e. The Kier molecular flexibility index (Phi) is 4.23. The molecule has 0 unspecified atom stereocenters. The van der Waals surface area contributed by atoms with E-state index in [-0.39, 0.29) is 10.9 Å². The van der Waals surface area contributed by atoms with Crippen LogP contribution in [-0.4, -0.2) is 10.9 Å². The van der Waals surface area contributed by atoms with Crippen molar-refractivity contribution in [3.63, 3.8) is 0 Å². The van der Waals surface area contributed by atoms with E-state index in [1.54, 1.807) is 19.1 Å². The molecule has 15 heavy (non-hydrogen) atoms. The monoisotopic (exact) mass is 286 g/mol. The molecule has 3 N–H and O–H groups in total. The van der Waals surface area contributed by atoms with Gasteiger partial charge in [-0.2, -0.15) is 0 Å². The van der Waals surface area contributed by atoms with E-state index in [1.165, 1.54) is 0 Å². The minimum atomic E-state index is -0.0643. The third-order valence-corrected chi connectivity index (χ3v) is 2.56. The van der Waals surface area contributed by atoms with Crippen LogP contribution in [0.15, 0.2) is 22.7 Å². The van der Waals surface area contributed by atoms with Crippen LogP contribution in [0.2, 0.25) is 0 Å². The lowest BCUT2D eigenvalue weighted by atomic mass is 10.1.